The van der Waals surface area contributed by atoms with Crippen LogP contribution in [-0.2, 0) is 0 Å². The molecule has 0 unspecified atom stereocenters. The van der Waals surface area contributed by atoms with Gasteiger partial charge in [-0.15, -0.1) is 0 Å². The number of aliphatic hydroxyl groups excluding tert-OH is 1. The van der Waals surface area contributed by atoms with Crippen LogP contribution in [0.25, 0.3) is 0 Å². The van der Waals surface area contributed by atoms with E-state index in [2.05, 4.69) is 4.98 Å². The number of rotatable bonds is 1. The number of carbonyl (C=O) groups excluding carboxylic acids is 1. The molecule has 17 heavy (non-hydrogen) atoms. The van der Waals surface area contributed by atoms with E-state index in [0.717, 1.165) is 18.4 Å². The van der Waals surface area contributed by atoms with Crippen molar-refractivity contribution in [3.05, 3.63) is 28.5 Å². The average molecular weight is 255 g/mol. The molecule has 0 spiro atoms. The molecule has 1 fully saturated rings. The summed E-state index contributed by atoms with van der Waals surface area (Å²) in [5.41, 5.74) is 1.37. The Kier molecular flexibility index (Phi) is 3.64. The van der Waals surface area contributed by atoms with E-state index >= 15 is 0 Å². The average Bonchev–Trinajstić information content (AvgIpc) is 2.28. The SMILES string of the molecule is Cc1cc(Cl)ncc1C(=O)N1CCC[C@H](O)C1. The summed E-state index contributed by atoms with van der Waals surface area (Å²) in [7, 11) is 0. The molecule has 2 rings (SSSR count). The van der Waals surface area contributed by atoms with Crippen LogP contribution < -0.4 is 0 Å². The van der Waals surface area contributed by atoms with Crippen molar-refractivity contribution in [2.75, 3.05) is 13.1 Å². The molecule has 1 amide bonds. The maximum atomic E-state index is 12.2. The predicted molar refractivity (Wildman–Crippen MR) is 65.1 cm³/mol. The molecule has 5 heteroatoms. The highest BCUT2D eigenvalue weighted by molar-refractivity contribution is 6.29. The molecule has 1 saturated heterocycles. The molecule has 0 radical (unpaired) electrons. The van der Waals surface area contributed by atoms with Crippen LogP contribution in [0.1, 0.15) is 28.8 Å². The Labute approximate surface area is 105 Å². The van der Waals surface area contributed by atoms with E-state index in [1.54, 1.807) is 11.0 Å². The number of aryl methyl sites for hydroxylation is 1. The van der Waals surface area contributed by atoms with Crippen LogP contribution in [0.5, 0.6) is 0 Å². The molecule has 4 nitrogen and oxygen atoms in total. The Morgan fingerprint density at radius 1 is 1.65 bits per heavy atom. The van der Waals surface area contributed by atoms with Gasteiger partial charge >= 0.3 is 0 Å². The maximum absolute atomic E-state index is 12.2. The number of likely N-dealkylation sites (tertiary alicyclic amines) is 1. The molecule has 1 N–H and O–H groups in total. The van der Waals surface area contributed by atoms with Crippen molar-refractivity contribution in [2.24, 2.45) is 0 Å². The number of hydrogen-bond donors (Lipinski definition) is 1. The third kappa shape index (κ3) is 2.76. The minimum atomic E-state index is -0.409. The summed E-state index contributed by atoms with van der Waals surface area (Å²) in [4.78, 5) is 17.8. The number of piperidine rings is 1. The van der Waals surface area contributed by atoms with Gasteiger partial charge in [0.25, 0.3) is 5.91 Å². The third-order valence-corrected chi connectivity index (χ3v) is 3.20. The first-order chi connectivity index (χ1) is 8.08. The fourth-order valence-electron chi connectivity index (χ4n) is 2.06. The van der Waals surface area contributed by atoms with Crippen LogP contribution in [0.2, 0.25) is 5.15 Å². The molecule has 1 atom stereocenters. The van der Waals surface area contributed by atoms with Gasteiger partial charge in [0.2, 0.25) is 0 Å². The van der Waals surface area contributed by atoms with Crippen LogP contribution in [0.4, 0.5) is 0 Å². The van der Waals surface area contributed by atoms with Crippen LogP contribution in [-0.4, -0.2) is 40.1 Å². The predicted octanol–water partition coefficient (Wildman–Crippen LogP) is 1.64. The molecular formula is C12H15ClN2O2. The molecular weight excluding hydrogens is 240 g/mol. The Morgan fingerprint density at radius 2 is 2.41 bits per heavy atom. The number of carbonyl (C=O) groups is 1. The van der Waals surface area contributed by atoms with Gasteiger partial charge in [-0.25, -0.2) is 4.98 Å². The summed E-state index contributed by atoms with van der Waals surface area (Å²) >= 11 is 5.75. The largest absolute Gasteiger partial charge is 0.391 e. The van der Waals surface area contributed by atoms with Crippen molar-refractivity contribution in [3.63, 3.8) is 0 Å². The summed E-state index contributed by atoms with van der Waals surface area (Å²) < 4.78 is 0. The lowest BCUT2D eigenvalue weighted by Gasteiger charge is -2.30. The van der Waals surface area contributed by atoms with Crippen LogP contribution >= 0.6 is 11.6 Å². The zero-order valence-electron chi connectivity index (χ0n) is 9.69. The van der Waals surface area contributed by atoms with Crippen molar-refractivity contribution in [2.45, 2.75) is 25.9 Å². The smallest absolute Gasteiger partial charge is 0.255 e. The number of halogens is 1. The van der Waals surface area contributed by atoms with Gasteiger partial charge in [0.1, 0.15) is 5.15 Å². The number of aromatic nitrogens is 1. The summed E-state index contributed by atoms with van der Waals surface area (Å²) in [5, 5.41) is 9.94. The summed E-state index contributed by atoms with van der Waals surface area (Å²) in [6.07, 6.45) is 2.70. The van der Waals surface area contributed by atoms with Gasteiger partial charge in [-0.2, -0.15) is 0 Å². The van der Waals surface area contributed by atoms with Gasteiger partial charge in [0, 0.05) is 19.3 Å². The number of amides is 1. The van der Waals surface area contributed by atoms with Crippen molar-refractivity contribution < 1.29 is 9.90 Å². The molecule has 0 aromatic carbocycles. The van der Waals surface area contributed by atoms with Gasteiger partial charge in [-0.1, -0.05) is 11.6 Å². The van der Waals surface area contributed by atoms with Crippen molar-refractivity contribution in [1.29, 1.82) is 0 Å². The van der Waals surface area contributed by atoms with Crippen molar-refractivity contribution in [1.82, 2.24) is 9.88 Å². The molecule has 92 valence electrons. The first-order valence-electron chi connectivity index (χ1n) is 5.67. The number of aliphatic hydroxyl groups is 1. The topological polar surface area (TPSA) is 53.4 Å². The van der Waals surface area contributed by atoms with E-state index in [1.807, 2.05) is 6.92 Å². The zero-order chi connectivity index (χ0) is 12.4. The molecule has 0 bridgehead atoms. The minimum absolute atomic E-state index is 0.0783. The van der Waals surface area contributed by atoms with E-state index in [9.17, 15) is 9.90 Å². The van der Waals surface area contributed by atoms with E-state index in [0.29, 0.717) is 23.8 Å². The number of pyridine rings is 1. The number of hydrogen-bond acceptors (Lipinski definition) is 3. The normalized spacial score (nSPS) is 20.4. The molecule has 1 aromatic rings. The monoisotopic (exact) mass is 254 g/mol. The van der Waals surface area contributed by atoms with Crippen LogP contribution in [0, 0.1) is 6.92 Å². The number of β-amino-alcohol motifs (C(OH)–C–C–N with tert-alkyl or cyclic N) is 1. The van der Waals surface area contributed by atoms with E-state index < -0.39 is 6.10 Å². The fourth-order valence-corrected chi connectivity index (χ4v) is 2.27. The fraction of sp³-hybridized carbons (Fsp3) is 0.500. The molecule has 1 aromatic heterocycles. The van der Waals surface area contributed by atoms with Gasteiger partial charge in [0.15, 0.2) is 0 Å². The molecule has 1 aliphatic heterocycles. The number of nitrogens with zero attached hydrogens (tertiary/aromatic N) is 2. The second-order valence-corrected chi connectivity index (χ2v) is 4.76. The van der Waals surface area contributed by atoms with Crippen LogP contribution in [0.3, 0.4) is 0 Å². The summed E-state index contributed by atoms with van der Waals surface area (Å²) in [6.45, 7) is 2.93. The van der Waals surface area contributed by atoms with Gasteiger partial charge in [-0.3, -0.25) is 4.79 Å². The Morgan fingerprint density at radius 3 is 3.06 bits per heavy atom. The second kappa shape index (κ2) is 5.02. The quantitative estimate of drug-likeness (QED) is 0.776. The zero-order valence-corrected chi connectivity index (χ0v) is 10.4. The van der Waals surface area contributed by atoms with E-state index in [1.165, 1.54) is 6.20 Å². The molecule has 0 saturated carbocycles. The molecule has 0 aliphatic carbocycles. The first-order valence-corrected chi connectivity index (χ1v) is 6.05. The van der Waals surface area contributed by atoms with Crippen LogP contribution in [0.15, 0.2) is 12.3 Å². The lowest BCUT2D eigenvalue weighted by atomic mass is 10.1. The second-order valence-electron chi connectivity index (χ2n) is 4.37. The van der Waals surface area contributed by atoms with Crippen molar-refractivity contribution in [3.8, 4) is 0 Å². The lowest BCUT2D eigenvalue weighted by molar-refractivity contribution is 0.0473. The standard InChI is InChI=1S/C12H15ClN2O2/c1-8-5-11(13)14-6-10(8)12(17)15-4-2-3-9(16)7-15/h5-6,9,16H,2-4,7H2,1H3/t9-/m0/s1. The van der Waals surface area contributed by atoms with Crippen molar-refractivity contribution >= 4 is 17.5 Å². The Balaban J connectivity index is 2.18. The first kappa shape index (κ1) is 12.3. The summed E-state index contributed by atoms with van der Waals surface area (Å²) in [6, 6.07) is 1.68. The van der Waals surface area contributed by atoms with E-state index in [4.69, 9.17) is 11.6 Å². The van der Waals surface area contributed by atoms with E-state index in [-0.39, 0.29) is 5.91 Å². The Hall–Kier alpha value is -1.13. The molecule has 1 aliphatic rings. The minimum Gasteiger partial charge on any atom is -0.391 e. The summed E-state index contributed by atoms with van der Waals surface area (Å²) in [5.74, 6) is -0.0783. The van der Waals surface area contributed by atoms with Gasteiger partial charge in [0.05, 0.1) is 11.7 Å². The highest BCUT2D eigenvalue weighted by atomic mass is 35.5. The molecule has 2 heterocycles. The van der Waals surface area contributed by atoms with Gasteiger partial charge < -0.3 is 10.0 Å². The highest BCUT2D eigenvalue weighted by Gasteiger charge is 2.24. The highest BCUT2D eigenvalue weighted by Crippen LogP contribution is 2.17. The third-order valence-electron chi connectivity index (χ3n) is 2.99. The Bertz CT molecular complexity index is 437. The lowest BCUT2D eigenvalue weighted by Crippen LogP contribution is -2.42. The maximum Gasteiger partial charge on any atom is 0.255 e. The van der Waals surface area contributed by atoms with Gasteiger partial charge in [-0.05, 0) is 31.4 Å².